The van der Waals surface area contributed by atoms with Crippen LogP contribution in [-0.2, 0) is 19.4 Å². The van der Waals surface area contributed by atoms with Crippen molar-refractivity contribution in [1.29, 1.82) is 0 Å². The van der Waals surface area contributed by atoms with Crippen molar-refractivity contribution in [3.63, 3.8) is 0 Å². The minimum absolute atomic E-state index is 0.0523. The number of esters is 1. The molecule has 0 bridgehead atoms. The van der Waals surface area contributed by atoms with E-state index in [2.05, 4.69) is 4.74 Å². The molecule has 1 heterocycles. The first kappa shape index (κ1) is 12.7. The molecule has 0 aliphatic carbocycles. The van der Waals surface area contributed by atoms with Crippen molar-refractivity contribution >= 4 is 15.8 Å². The second-order valence-electron chi connectivity index (χ2n) is 3.68. The van der Waals surface area contributed by atoms with Crippen LogP contribution in [0.2, 0.25) is 0 Å². The predicted molar refractivity (Wildman–Crippen MR) is 61.5 cm³/mol. The molecule has 0 N–H and O–H groups in total. The van der Waals surface area contributed by atoms with Crippen LogP contribution < -0.4 is 9.47 Å². The molecular weight excluding hydrogens is 260 g/mol. The third kappa shape index (κ3) is 1.90. The minimum Gasteiger partial charge on any atom is -0.497 e. The zero-order valence-corrected chi connectivity index (χ0v) is 10.7. The summed E-state index contributed by atoms with van der Waals surface area (Å²) < 4.78 is 39.2. The van der Waals surface area contributed by atoms with E-state index < -0.39 is 21.1 Å². The van der Waals surface area contributed by atoms with Gasteiger partial charge in [-0.05, 0) is 12.1 Å². The molecule has 98 valence electrons. The van der Waals surface area contributed by atoms with E-state index in [-0.39, 0.29) is 17.3 Å². The maximum atomic E-state index is 12.2. The highest BCUT2D eigenvalue weighted by Gasteiger charge is 2.41. The van der Waals surface area contributed by atoms with Crippen LogP contribution >= 0.6 is 0 Å². The third-order valence-corrected chi connectivity index (χ3v) is 4.70. The van der Waals surface area contributed by atoms with Crippen LogP contribution in [0.25, 0.3) is 0 Å². The Morgan fingerprint density at radius 2 is 2.11 bits per heavy atom. The Balaban J connectivity index is 2.53. The largest absolute Gasteiger partial charge is 0.497 e. The lowest BCUT2D eigenvalue weighted by Crippen LogP contribution is -2.40. The van der Waals surface area contributed by atoms with Gasteiger partial charge in [0.05, 0.1) is 14.2 Å². The summed E-state index contributed by atoms with van der Waals surface area (Å²) in [4.78, 5) is 11.4. The molecule has 0 amide bonds. The number of hydrogen-bond donors (Lipinski definition) is 0. The number of fused-ring (bicyclic) bond motifs is 1. The maximum Gasteiger partial charge on any atom is 0.328 e. The standard InChI is InChI=1S/C11H12O6S/c1-15-7-3-4-8-9(5-7)18(13,14)10(6-17-8)11(12)16-2/h3-5,10H,6H2,1-2H3. The van der Waals surface area contributed by atoms with Gasteiger partial charge in [0.2, 0.25) is 0 Å². The lowest BCUT2D eigenvalue weighted by Gasteiger charge is -2.23. The van der Waals surface area contributed by atoms with E-state index in [1.165, 1.54) is 19.2 Å². The third-order valence-electron chi connectivity index (χ3n) is 2.69. The van der Waals surface area contributed by atoms with Gasteiger partial charge in [-0.3, -0.25) is 4.79 Å². The number of ether oxygens (including phenoxy) is 3. The molecule has 0 aromatic heterocycles. The molecule has 0 radical (unpaired) electrons. The molecule has 0 spiro atoms. The summed E-state index contributed by atoms with van der Waals surface area (Å²) in [6, 6.07) is 4.42. The fourth-order valence-electron chi connectivity index (χ4n) is 1.69. The maximum absolute atomic E-state index is 12.2. The number of carbonyl (C=O) groups excluding carboxylic acids is 1. The molecule has 2 rings (SSSR count). The van der Waals surface area contributed by atoms with Gasteiger partial charge >= 0.3 is 5.97 Å². The van der Waals surface area contributed by atoms with E-state index in [1.54, 1.807) is 6.07 Å². The Labute approximate surface area is 104 Å². The van der Waals surface area contributed by atoms with Crippen LogP contribution in [-0.4, -0.2) is 40.5 Å². The number of methoxy groups -OCH3 is 2. The summed E-state index contributed by atoms with van der Waals surface area (Å²) in [5.74, 6) is -0.231. The molecule has 0 saturated heterocycles. The second kappa shape index (κ2) is 4.49. The molecule has 6 nitrogen and oxygen atoms in total. The van der Waals surface area contributed by atoms with E-state index in [1.807, 2.05) is 0 Å². The van der Waals surface area contributed by atoms with Gasteiger partial charge in [-0.2, -0.15) is 0 Å². The number of rotatable bonds is 2. The van der Waals surface area contributed by atoms with Crippen molar-refractivity contribution in [2.75, 3.05) is 20.8 Å². The van der Waals surface area contributed by atoms with Crippen molar-refractivity contribution in [2.24, 2.45) is 0 Å². The second-order valence-corrected chi connectivity index (χ2v) is 5.78. The summed E-state index contributed by atoms with van der Waals surface area (Å²) in [5.41, 5.74) is 0. The normalized spacial score (nSPS) is 20.4. The monoisotopic (exact) mass is 272 g/mol. The zero-order valence-electron chi connectivity index (χ0n) is 9.87. The van der Waals surface area contributed by atoms with Crippen LogP contribution in [0.4, 0.5) is 0 Å². The smallest absolute Gasteiger partial charge is 0.328 e. The molecule has 1 atom stereocenters. The Morgan fingerprint density at radius 1 is 1.39 bits per heavy atom. The number of benzene rings is 1. The van der Waals surface area contributed by atoms with Crippen molar-refractivity contribution < 1.29 is 27.4 Å². The molecule has 0 saturated carbocycles. The van der Waals surface area contributed by atoms with E-state index in [9.17, 15) is 13.2 Å². The van der Waals surface area contributed by atoms with E-state index in [0.717, 1.165) is 7.11 Å². The Hall–Kier alpha value is -1.76. The number of hydrogen-bond acceptors (Lipinski definition) is 6. The first-order valence-corrected chi connectivity index (χ1v) is 6.68. The van der Waals surface area contributed by atoms with Crippen LogP contribution in [0.5, 0.6) is 11.5 Å². The van der Waals surface area contributed by atoms with Gasteiger partial charge in [-0.1, -0.05) is 0 Å². The van der Waals surface area contributed by atoms with Crippen molar-refractivity contribution in [3.8, 4) is 11.5 Å². The lowest BCUT2D eigenvalue weighted by molar-refractivity contribution is -0.140. The van der Waals surface area contributed by atoms with Gasteiger partial charge in [-0.15, -0.1) is 0 Å². The molecule has 1 aromatic carbocycles. The topological polar surface area (TPSA) is 78.9 Å². The van der Waals surface area contributed by atoms with E-state index >= 15 is 0 Å². The van der Waals surface area contributed by atoms with Gasteiger partial charge in [0.15, 0.2) is 15.1 Å². The predicted octanol–water partition coefficient (Wildman–Crippen LogP) is 0.403. The molecular formula is C11H12O6S. The van der Waals surface area contributed by atoms with Gasteiger partial charge in [0.1, 0.15) is 23.0 Å². The molecule has 7 heteroatoms. The highest BCUT2D eigenvalue weighted by atomic mass is 32.2. The van der Waals surface area contributed by atoms with Gasteiger partial charge in [-0.25, -0.2) is 8.42 Å². The van der Waals surface area contributed by atoms with Crippen LogP contribution in [0.1, 0.15) is 0 Å². The molecule has 1 unspecified atom stereocenters. The molecule has 1 aromatic rings. The van der Waals surface area contributed by atoms with Crippen molar-refractivity contribution in [3.05, 3.63) is 18.2 Å². The fraction of sp³-hybridized carbons (Fsp3) is 0.364. The first-order chi connectivity index (χ1) is 8.50. The lowest BCUT2D eigenvalue weighted by atomic mass is 10.3. The Kier molecular flexibility index (Phi) is 3.16. The summed E-state index contributed by atoms with van der Waals surface area (Å²) in [6.45, 7) is -0.242. The van der Waals surface area contributed by atoms with Crippen molar-refractivity contribution in [1.82, 2.24) is 0 Å². The molecule has 0 fully saturated rings. The first-order valence-electron chi connectivity index (χ1n) is 5.13. The van der Waals surface area contributed by atoms with Crippen LogP contribution in [0.15, 0.2) is 23.1 Å². The van der Waals surface area contributed by atoms with Crippen molar-refractivity contribution in [2.45, 2.75) is 10.1 Å². The average Bonchev–Trinajstić information content (AvgIpc) is 2.37. The highest BCUT2D eigenvalue weighted by molar-refractivity contribution is 7.93. The number of carbonyl (C=O) groups is 1. The number of sulfone groups is 1. The zero-order chi connectivity index (χ0) is 13.3. The van der Waals surface area contributed by atoms with Crippen LogP contribution in [0.3, 0.4) is 0 Å². The summed E-state index contributed by atoms with van der Waals surface area (Å²) in [7, 11) is -1.24. The summed E-state index contributed by atoms with van der Waals surface area (Å²) >= 11 is 0. The summed E-state index contributed by atoms with van der Waals surface area (Å²) in [5, 5.41) is -1.33. The quantitative estimate of drug-likeness (QED) is 0.725. The Morgan fingerprint density at radius 3 is 2.72 bits per heavy atom. The fourth-order valence-corrected chi connectivity index (χ4v) is 3.28. The van der Waals surface area contributed by atoms with Gasteiger partial charge < -0.3 is 14.2 Å². The molecule has 1 aliphatic rings. The van der Waals surface area contributed by atoms with Crippen LogP contribution in [0, 0.1) is 0 Å². The average molecular weight is 272 g/mol. The Bertz CT molecular complexity index is 577. The SMILES string of the molecule is COC(=O)C1COc2ccc(OC)cc2S1(=O)=O. The van der Waals surface area contributed by atoms with E-state index in [4.69, 9.17) is 9.47 Å². The minimum atomic E-state index is -3.81. The highest BCUT2D eigenvalue weighted by Crippen LogP contribution is 2.34. The molecule has 18 heavy (non-hydrogen) atoms. The summed E-state index contributed by atoms with van der Waals surface area (Å²) in [6.07, 6.45) is 0. The van der Waals surface area contributed by atoms with E-state index in [0.29, 0.717) is 5.75 Å². The van der Waals surface area contributed by atoms with Gasteiger partial charge in [0, 0.05) is 6.07 Å². The molecule has 1 aliphatic heterocycles. The van der Waals surface area contributed by atoms with Gasteiger partial charge in [0.25, 0.3) is 0 Å².